The zero-order valence-corrected chi connectivity index (χ0v) is 12.5. The summed E-state index contributed by atoms with van der Waals surface area (Å²) in [5, 5.41) is 0. The van der Waals surface area contributed by atoms with Crippen molar-refractivity contribution in [1.82, 2.24) is 0 Å². The molecule has 2 nitrogen and oxygen atoms in total. The Morgan fingerprint density at radius 3 is 2.84 bits per heavy atom. The van der Waals surface area contributed by atoms with Crippen LogP contribution in [0.15, 0.2) is 35.2 Å². The summed E-state index contributed by atoms with van der Waals surface area (Å²) in [6, 6.07) is 10.5. The average Bonchev–Trinajstić information content (AvgIpc) is 2.45. The first-order valence-corrected chi connectivity index (χ1v) is 8.18. The maximum absolute atomic E-state index is 5.80. The molecule has 1 aromatic carbocycles. The van der Waals surface area contributed by atoms with Crippen LogP contribution in [0.2, 0.25) is 0 Å². The average molecular weight is 278 g/mol. The number of fused-ring (bicyclic) bond motifs is 2. The lowest BCUT2D eigenvalue weighted by molar-refractivity contribution is -0.427. The molecule has 2 bridgehead atoms. The van der Waals surface area contributed by atoms with Crippen molar-refractivity contribution in [2.24, 2.45) is 11.8 Å². The van der Waals surface area contributed by atoms with Gasteiger partial charge in [0.2, 0.25) is 0 Å². The largest absolute Gasteiger partial charge is 0.233 e. The first kappa shape index (κ1) is 13.5. The summed E-state index contributed by atoms with van der Waals surface area (Å²) in [6.45, 7) is 4.48. The molecule has 1 saturated carbocycles. The van der Waals surface area contributed by atoms with Crippen LogP contribution in [-0.2, 0) is 9.78 Å². The minimum absolute atomic E-state index is 0.142. The van der Waals surface area contributed by atoms with E-state index in [0.29, 0.717) is 17.9 Å². The van der Waals surface area contributed by atoms with Gasteiger partial charge in [-0.25, -0.2) is 9.78 Å². The lowest BCUT2D eigenvalue weighted by Crippen LogP contribution is -2.51. The molecule has 1 heterocycles. The van der Waals surface area contributed by atoms with Crippen molar-refractivity contribution in [3.05, 3.63) is 30.3 Å². The molecule has 0 unspecified atom stereocenters. The van der Waals surface area contributed by atoms with Crippen LogP contribution in [0.4, 0.5) is 0 Å². The Kier molecular flexibility index (Phi) is 3.88. The Morgan fingerprint density at radius 1 is 1.26 bits per heavy atom. The summed E-state index contributed by atoms with van der Waals surface area (Å²) < 4.78 is 0. The molecule has 3 rings (SSSR count). The molecule has 0 spiro atoms. The van der Waals surface area contributed by atoms with Crippen molar-refractivity contribution in [2.75, 3.05) is 5.75 Å². The Hall–Kier alpha value is -0.510. The fourth-order valence-corrected chi connectivity index (χ4v) is 4.18. The zero-order chi connectivity index (χ0) is 13.3. The number of hydrogen-bond donors (Lipinski definition) is 0. The van der Waals surface area contributed by atoms with Gasteiger partial charge in [0.15, 0.2) is 0 Å². The molecule has 104 valence electrons. The molecule has 0 aromatic heterocycles. The number of rotatable bonds is 3. The van der Waals surface area contributed by atoms with Crippen molar-refractivity contribution in [1.29, 1.82) is 0 Å². The summed E-state index contributed by atoms with van der Waals surface area (Å²) >= 11 is 1.87. The van der Waals surface area contributed by atoms with E-state index in [4.69, 9.17) is 9.78 Å². The van der Waals surface area contributed by atoms with Crippen LogP contribution >= 0.6 is 11.8 Å². The Bertz CT molecular complexity index is 422. The molecule has 1 aliphatic carbocycles. The third kappa shape index (κ3) is 2.83. The van der Waals surface area contributed by atoms with E-state index in [-0.39, 0.29) is 5.60 Å². The Labute approximate surface area is 119 Å². The number of thioether (sulfide) groups is 1. The molecule has 19 heavy (non-hydrogen) atoms. The summed E-state index contributed by atoms with van der Waals surface area (Å²) in [4.78, 5) is 12.8. The fraction of sp³-hybridized carbons (Fsp3) is 0.625. The van der Waals surface area contributed by atoms with Gasteiger partial charge in [0.25, 0.3) is 0 Å². The van der Waals surface area contributed by atoms with Gasteiger partial charge in [-0.05, 0) is 50.2 Å². The summed E-state index contributed by atoms with van der Waals surface area (Å²) in [5.41, 5.74) is -0.142. The van der Waals surface area contributed by atoms with E-state index in [1.54, 1.807) is 0 Å². The minimum atomic E-state index is -0.142. The van der Waals surface area contributed by atoms with Gasteiger partial charge in [-0.1, -0.05) is 25.1 Å². The number of hydrogen-bond acceptors (Lipinski definition) is 3. The first-order chi connectivity index (χ1) is 9.17. The van der Waals surface area contributed by atoms with Gasteiger partial charge in [-0.2, -0.15) is 0 Å². The smallest absolute Gasteiger partial charge is 0.113 e. The van der Waals surface area contributed by atoms with E-state index in [2.05, 4.69) is 44.2 Å². The lowest BCUT2D eigenvalue weighted by Gasteiger charge is -2.47. The van der Waals surface area contributed by atoms with E-state index in [1.807, 2.05) is 11.8 Å². The molecule has 2 aliphatic rings. The zero-order valence-electron chi connectivity index (χ0n) is 11.7. The highest BCUT2D eigenvalue weighted by Gasteiger charge is 2.46. The van der Waals surface area contributed by atoms with Crippen LogP contribution in [0, 0.1) is 11.8 Å². The third-order valence-electron chi connectivity index (χ3n) is 4.62. The van der Waals surface area contributed by atoms with Gasteiger partial charge in [0.1, 0.15) is 5.60 Å². The highest BCUT2D eigenvalue weighted by atomic mass is 32.2. The number of benzene rings is 1. The molecular formula is C16H22O2S. The second kappa shape index (κ2) is 5.47. The van der Waals surface area contributed by atoms with Gasteiger partial charge in [0, 0.05) is 10.6 Å². The molecule has 1 aromatic rings. The highest BCUT2D eigenvalue weighted by Crippen LogP contribution is 2.45. The van der Waals surface area contributed by atoms with Gasteiger partial charge in [0.05, 0.1) is 6.10 Å². The Balaban J connectivity index is 1.64. The second-order valence-electron chi connectivity index (χ2n) is 6.12. The molecule has 3 heteroatoms. The SMILES string of the molecule is C[C@@H]1CC[C@@H]2C[C@H]1OO[C@]2(C)CSc1ccccc1. The van der Waals surface area contributed by atoms with Gasteiger partial charge < -0.3 is 0 Å². The van der Waals surface area contributed by atoms with Crippen molar-refractivity contribution in [3.63, 3.8) is 0 Å². The van der Waals surface area contributed by atoms with E-state index >= 15 is 0 Å². The fourth-order valence-electron chi connectivity index (χ4n) is 3.09. The van der Waals surface area contributed by atoms with E-state index in [1.165, 1.54) is 17.7 Å². The summed E-state index contributed by atoms with van der Waals surface area (Å²) in [5.74, 6) is 2.24. The molecule has 2 fully saturated rings. The molecule has 0 radical (unpaired) electrons. The van der Waals surface area contributed by atoms with Crippen molar-refractivity contribution >= 4 is 11.8 Å². The van der Waals surface area contributed by atoms with Crippen LogP contribution < -0.4 is 0 Å². The standard InChI is InChI=1S/C16H22O2S/c1-12-8-9-13-10-15(12)17-18-16(13,2)11-19-14-6-4-3-5-7-14/h3-7,12-13,15H,8-11H2,1-2H3/t12-,13-,15-,16-/m1/s1. The molecule has 0 N–H and O–H groups in total. The second-order valence-corrected chi connectivity index (χ2v) is 7.17. The molecule has 4 atom stereocenters. The van der Waals surface area contributed by atoms with E-state index in [0.717, 1.165) is 12.2 Å². The topological polar surface area (TPSA) is 18.5 Å². The highest BCUT2D eigenvalue weighted by molar-refractivity contribution is 7.99. The Morgan fingerprint density at radius 2 is 2.05 bits per heavy atom. The maximum atomic E-state index is 5.80. The van der Waals surface area contributed by atoms with Crippen LogP contribution in [0.5, 0.6) is 0 Å². The third-order valence-corrected chi connectivity index (χ3v) is 5.94. The normalized spacial score (nSPS) is 38.1. The van der Waals surface area contributed by atoms with Crippen molar-refractivity contribution in [3.8, 4) is 0 Å². The quantitative estimate of drug-likeness (QED) is 0.606. The van der Waals surface area contributed by atoms with Gasteiger partial charge in [-0.3, -0.25) is 0 Å². The lowest BCUT2D eigenvalue weighted by atomic mass is 9.73. The van der Waals surface area contributed by atoms with E-state index in [9.17, 15) is 0 Å². The molecular weight excluding hydrogens is 256 g/mol. The van der Waals surface area contributed by atoms with Crippen LogP contribution in [0.1, 0.15) is 33.1 Å². The summed E-state index contributed by atoms with van der Waals surface area (Å²) in [6.07, 6.45) is 4.01. The minimum Gasteiger partial charge on any atom is -0.233 e. The molecule has 1 saturated heterocycles. The summed E-state index contributed by atoms with van der Waals surface area (Å²) in [7, 11) is 0. The van der Waals surface area contributed by atoms with Gasteiger partial charge in [-0.15, -0.1) is 11.8 Å². The van der Waals surface area contributed by atoms with Crippen molar-refractivity contribution in [2.45, 2.75) is 49.7 Å². The maximum Gasteiger partial charge on any atom is 0.113 e. The monoisotopic (exact) mass is 278 g/mol. The predicted molar refractivity (Wildman–Crippen MR) is 78.0 cm³/mol. The molecule has 1 aliphatic heterocycles. The predicted octanol–water partition coefficient (Wildman–Crippen LogP) is 4.30. The van der Waals surface area contributed by atoms with Gasteiger partial charge >= 0.3 is 0 Å². The van der Waals surface area contributed by atoms with Crippen LogP contribution in [-0.4, -0.2) is 17.5 Å². The van der Waals surface area contributed by atoms with Crippen LogP contribution in [0.25, 0.3) is 0 Å². The first-order valence-electron chi connectivity index (χ1n) is 7.20. The van der Waals surface area contributed by atoms with Crippen LogP contribution in [0.3, 0.4) is 0 Å². The molecule has 0 amide bonds. The van der Waals surface area contributed by atoms with Crippen molar-refractivity contribution < 1.29 is 9.78 Å². The van der Waals surface area contributed by atoms with E-state index < -0.39 is 0 Å².